The Kier molecular flexibility index (Phi) is 3.05. The molecule has 4 unspecified atom stereocenters. The van der Waals surface area contributed by atoms with Gasteiger partial charge in [-0.2, -0.15) is 0 Å². The third-order valence-electron chi connectivity index (χ3n) is 2.60. The highest BCUT2D eigenvalue weighted by atomic mass is 35.7. The molecule has 90 valence electrons. The van der Waals surface area contributed by atoms with Crippen molar-refractivity contribution >= 4 is 40.5 Å². The highest BCUT2D eigenvalue weighted by Gasteiger charge is 2.51. The molecule has 6 nitrogen and oxygen atoms in total. The first-order valence-corrected chi connectivity index (χ1v) is 8.43. The van der Waals surface area contributed by atoms with E-state index in [4.69, 9.17) is 22.1 Å². The van der Waals surface area contributed by atoms with Gasteiger partial charge in [-0.3, -0.25) is 4.79 Å². The van der Waals surface area contributed by atoms with Gasteiger partial charge in [-0.25, -0.2) is 4.79 Å². The summed E-state index contributed by atoms with van der Waals surface area (Å²) in [5.74, 6) is -0.176. The maximum absolute atomic E-state index is 11.4. The zero-order chi connectivity index (χ0) is 12.0. The van der Waals surface area contributed by atoms with Crippen LogP contribution in [0.1, 0.15) is 0 Å². The van der Waals surface area contributed by atoms with Gasteiger partial charge >= 0.3 is 5.30 Å². The van der Waals surface area contributed by atoms with E-state index >= 15 is 0 Å². The molecular formula is C7H10ClN2O4PS. The summed E-state index contributed by atoms with van der Waals surface area (Å²) in [7, 11) is -3.97. The van der Waals surface area contributed by atoms with E-state index in [1.54, 1.807) is 0 Å². The maximum atomic E-state index is 11.4. The number of fused-ring (bicyclic) bond motifs is 1. The first-order valence-electron chi connectivity index (χ1n) is 4.41. The Balaban J connectivity index is 2.33. The quantitative estimate of drug-likeness (QED) is 0.374. The summed E-state index contributed by atoms with van der Waals surface area (Å²) < 4.78 is 11.2. The van der Waals surface area contributed by atoms with Crippen molar-refractivity contribution in [3.63, 3.8) is 0 Å². The van der Waals surface area contributed by atoms with Crippen LogP contribution in [-0.2, 0) is 9.36 Å². The zero-order valence-electron chi connectivity index (χ0n) is 7.96. The normalized spacial score (nSPS) is 37.1. The van der Waals surface area contributed by atoms with Crippen molar-refractivity contribution in [2.75, 3.05) is 5.75 Å². The molecule has 0 radical (unpaired) electrons. The van der Waals surface area contributed by atoms with Crippen LogP contribution in [0.4, 0.5) is 4.79 Å². The second kappa shape index (κ2) is 4.07. The number of nitrogens with zero attached hydrogens (tertiary/aromatic N) is 1. The first kappa shape index (κ1) is 12.0. The minimum Gasteiger partial charge on any atom is -0.474 e. The molecule has 2 aliphatic rings. The van der Waals surface area contributed by atoms with E-state index in [0.717, 1.165) is 0 Å². The molecule has 2 heterocycles. The number of hydrogen-bond donors (Lipinski definition) is 3. The first-order chi connectivity index (χ1) is 7.43. The summed E-state index contributed by atoms with van der Waals surface area (Å²) in [5.41, 5.74) is 5.56. The summed E-state index contributed by atoms with van der Waals surface area (Å²) in [4.78, 5) is 23.7. The number of halogens is 1. The summed E-state index contributed by atoms with van der Waals surface area (Å²) in [6, 6.07) is -0.752. The minimum atomic E-state index is -2.46. The highest BCUT2D eigenvalue weighted by Crippen LogP contribution is 2.52. The van der Waals surface area contributed by atoms with Crippen molar-refractivity contribution in [3.05, 3.63) is 11.5 Å². The van der Waals surface area contributed by atoms with E-state index in [-0.39, 0.29) is 11.7 Å². The Hall–Kier alpha value is -0.490. The van der Waals surface area contributed by atoms with Gasteiger partial charge in [-0.15, -0.1) is 10.9 Å². The van der Waals surface area contributed by atoms with Crippen LogP contribution in [0.15, 0.2) is 11.5 Å². The van der Waals surface area contributed by atoms with Gasteiger partial charge in [0.05, 0.1) is 5.37 Å². The van der Waals surface area contributed by atoms with Crippen molar-refractivity contribution in [2.24, 2.45) is 5.73 Å². The molecule has 3 N–H and O–H groups in total. The topological polar surface area (TPSA) is 101 Å². The number of rotatable bonds is 1. The molecule has 0 spiro atoms. The molecule has 16 heavy (non-hydrogen) atoms. The van der Waals surface area contributed by atoms with Crippen LogP contribution < -0.4 is 5.73 Å². The Bertz CT molecular complexity index is 429. The minimum absolute atomic E-state index is 0.161. The van der Waals surface area contributed by atoms with E-state index in [2.05, 4.69) is 0 Å². The molecule has 0 aliphatic carbocycles. The van der Waals surface area contributed by atoms with E-state index in [0.29, 0.717) is 5.31 Å². The fraction of sp³-hybridized carbons (Fsp3) is 0.429. The lowest BCUT2D eigenvalue weighted by atomic mass is 10.1. The van der Waals surface area contributed by atoms with E-state index < -0.39 is 34.8 Å². The Morgan fingerprint density at radius 1 is 1.75 bits per heavy atom. The summed E-state index contributed by atoms with van der Waals surface area (Å²) >= 11 is 5.47. The molecule has 0 aromatic carbocycles. The van der Waals surface area contributed by atoms with Gasteiger partial charge in [0.25, 0.3) is 0 Å². The Morgan fingerprint density at radius 2 is 2.38 bits per heavy atom. The summed E-state index contributed by atoms with van der Waals surface area (Å²) in [6.07, 6.45) is 1.40. The summed E-state index contributed by atoms with van der Waals surface area (Å²) in [5, 5.41) is 7.92. The standard InChI is InChI=1S/C7H10ClN2O4PS/c8-15(14)3-1-10-5(11)4(9)6(10)16(2-3)7(12)13/h1,4,6,15-16H,2,9H2,(H,12,13). The molecule has 1 fully saturated rings. The predicted octanol–water partition coefficient (Wildman–Crippen LogP) is 0.730. The third kappa shape index (κ3) is 1.68. The molecule has 4 atom stereocenters. The van der Waals surface area contributed by atoms with Gasteiger partial charge in [0.1, 0.15) is 6.04 Å². The maximum Gasteiger partial charge on any atom is 0.346 e. The molecule has 0 saturated carbocycles. The van der Waals surface area contributed by atoms with Gasteiger partial charge < -0.3 is 20.3 Å². The molecule has 1 amide bonds. The van der Waals surface area contributed by atoms with Crippen LogP contribution in [0.2, 0.25) is 0 Å². The van der Waals surface area contributed by atoms with Crippen LogP contribution in [0, 0.1) is 0 Å². The number of hydrogen-bond acceptors (Lipinski definition) is 4. The van der Waals surface area contributed by atoms with Crippen molar-refractivity contribution in [3.8, 4) is 0 Å². The number of amides is 1. The lowest BCUT2D eigenvalue weighted by Gasteiger charge is -2.50. The number of β-lactam (4-membered cyclic amide) rings is 1. The van der Waals surface area contributed by atoms with Crippen molar-refractivity contribution in [1.82, 2.24) is 4.90 Å². The molecule has 0 aromatic heterocycles. The molecule has 9 heteroatoms. The van der Waals surface area contributed by atoms with Crippen LogP contribution >= 0.6 is 29.3 Å². The molecular weight excluding hydrogens is 275 g/mol. The van der Waals surface area contributed by atoms with Gasteiger partial charge in [0.2, 0.25) is 5.91 Å². The van der Waals surface area contributed by atoms with Crippen LogP contribution in [0.25, 0.3) is 0 Å². The molecule has 1 saturated heterocycles. The average molecular weight is 285 g/mol. The van der Waals surface area contributed by atoms with Crippen molar-refractivity contribution in [2.45, 2.75) is 11.4 Å². The van der Waals surface area contributed by atoms with E-state index in [1.807, 2.05) is 0 Å². The second-order valence-corrected chi connectivity index (χ2v) is 7.91. The van der Waals surface area contributed by atoms with Gasteiger partial charge in [0.15, 0.2) is 7.15 Å². The fourth-order valence-electron chi connectivity index (χ4n) is 1.78. The molecule has 2 aliphatic heterocycles. The van der Waals surface area contributed by atoms with Crippen molar-refractivity contribution in [1.29, 1.82) is 0 Å². The second-order valence-electron chi connectivity index (χ2n) is 3.52. The molecule has 0 bridgehead atoms. The van der Waals surface area contributed by atoms with Crippen LogP contribution in [0.5, 0.6) is 0 Å². The number of carbonyl (C=O) groups is 2. The average Bonchev–Trinajstić information content (AvgIpc) is 2.25. The smallest absolute Gasteiger partial charge is 0.346 e. The van der Waals surface area contributed by atoms with Gasteiger partial charge in [-0.1, -0.05) is 11.2 Å². The number of carboxylic acid groups (broad SMARTS) is 1. The molecule has 2 rings (SSSR count). The lowest BCUT2D eigenvalue weighted by molar-refractivity contribution is -0.140. The largest absolute Gasteiger partial charge is 0.474 e. The van der Waals surface area contributed by atoms with Gasteiger partial charge in [0, 0.05) is 17.3 Å². The SMILES string of the molecule is NC1C(=O)N2C=C([PH](=O)Cl)C[SH](C(=O)O)C12. The number of carbonyl (C=O) groups excluding carboxylic acids is 1. The van der Waals surface area contributed by atoms with Crippen molar-refractivity contribution < 1.29 is 19.3 Å². The van der Waals surface area contributed by atoms with Crippen LogP contribution in [0.3, 0.4) is 0 Å². The van der Waals surface area contributed by atoms with E-state index in [1.165, 1.54) is 11.1 Å². The lowest BCUT2D eigenvalue weighted by Crippen LogP contribution is -2.67. The third-order valence-corrected chi connectivity index (χ3v) is 6.82. The van der Waals surface area contributed by atoms with Gasteiger partial charge in [-0.05, 0) is 0 Å². The Morgan fingerprint density at radius 3 is 2.88 bits per heavy atom. The number of nitrogens with two attached hydrogens (primary N) is 1. The molecule has 0 aromatic rings. The zero-order valence-corrected chi connectivity index (χ0v) is 10.6. The highest BCUT2D eigenvalue weighted by molar-refractivity contribution is 8.30. The summed E-state index contributed by atoms with van der Waals surface area (Å²) in [6.45, 7) is 0. The monoisotopic (exact) mass is 284 g/mol. The predicted molar refractivity (Wildman–Crippen MR) is 63.4 cm³/mol. The fourth-order valence-corrected chi connectivity index (χ4v) is 5.71. The Labute approximate surface area is 99.3 Å². The number of thiol groups is 1. The van der Waals surface area contributed by atoms with Crippen LogP contribution in [-0.4, -0.2) is 38.4 Å². The van der Waals surface area contributed by atoms with E-state index in [9.17, 15) is 14.2 Å².